The van der Waals surface area contributed by atoms with Crippen LogP contribution in [0.25, 0.3) is 0 Å². The number of benzene rings is 1. The number of H-pyrrole nitrogens is 1. The van der Waals surface area contributed by atoms with Gasteiger partial charge in [-0.1, -0.05) is 0 Å². The minimum atomic E-state index is -0.375. The average molecular weight is 262 g/mol. The molecule has 0 radical (unpaired) electrons. The molecule has 0 bridgehead atoms. The van der Waals surface area contributed by atoms with Gasteiger partial charge in [-0.15, -0.1) is 0 Å². The minimum absolute atomic E-state index is 0.0960. The molecule has 0 aliphatic rings. The molecule has 7 heteroatoms. The quantitative estimate of drug-likeness (QED) is 0.759. The third-order valence-corrected chi connectivity index (χ3v) is 2.58. The number of amides is 1. The number of rotatable bonds is 3. The van der Waals surface area contributed by atoms with E-state index in [1.807, 2.05) is 0 Å². The summed E-state index contributed by atoms with van der Waals surface area (Å²) in [7, 11) is 1.58. The lowest BCUT2D eigenvalue weighted by molar-refractivity contribution is 0.0778. The van der Waals surface area contributed by atoms with Gasteiger partial charge in [0.15, 0.2) is 5.82 Å². The van der Waals surface area contributed by atoms with Crippen molar-refractivity contribution in [3.8, 4) is 11.5 Å². The highest BCUT2D eigenvalue weighted by atomic mass is 16.3. The number of aromatic nitrogens is 3. The second-order valence-corrected chi connectivity index (χ2v) is 4.20. The van der Waals surface area contributed by atoms with E-state index < -0.39 is 0 Å². The normalized spacial score (nSPS) is 10.4. The zero-order chi connectivity index (χ0) is 14.0. The molecule has 0 aliphatic carbocycles. The number of hydrogen-bond donors (Lipinski definition) is 3. The number of aromatic amines is 1. The van der Waals surface area contributed by atoms with Gasteiger partial charge in [-0.05, 0) is 19.1 Å². The Morgan fingerprint density at radius 3 is 2.74 bits per heavy atom. The molecule has 0 saturated carbocycles. The average Bonchev–Trinajstić information content (AvgIpc) is 2.74. The monoisotopic (exact) mass is 262 g/mol. The van der Waals surface area contributed by atoms with Gasteiger partial charge in [0.05, 0.1) is 12.1 Å². The summed E-state index contributed by atoms with van der Waals surface area (Å²) in [4.78, 5) is 17.6. The number of phenolic OH excluding ortho intramolecular Hbond substituents is 2. The van der Waals surface area contributed by atoms with Crippen molar-refractivity contribution in [1.29, 1.82) is 0 Å². The van der Waals surface area contributed by atoms with Crippen LogP contribution < -0.4 is 0 Å². The first-order valence-electron chi connectivity index (χ1n) is 5.62. The van der Waals surface area contributed by atoms with Gasteiger partial charge in [0, 0.05) is 13.1 Å². The summed E-state index contributed by atoms with van der Waals surface area (Å²) in [5.74, 6) is 0.430. The molecule has 3 N–H and O–H groups in total. The summed E-state index contributed by atoms with van der Waals surface area (Å²) in [6.07, 6.45) is 0. The first kappa shape index (κ1) is 12.9. The highest BCUT2D eigenvalue weighted by molar-refractivity contribution is 5.96. The lowest BCUT2D eigenvalue weighted by Crippen LogP contribution is -2.26. The molecular formula is C12H14N4O3. The van der Waals surface area contributed by atoms with Crippen molar-refractivity contribution in [3.05, 3.63) is 35.4 Å². The maximum absolute atomic E-state index is 12.1. The van der Waals surface area contributed by atoms with Gasteiger partial charge in [-0.2, -0.15) is 5.10 Å². The van der Waals surface area contributed by atoms with Crippen LogP contribution in [0.15, 0.2) is 18.2 Å². The molecule has 0 atom stereocenters. The van der Waals surface area contributed by atoms with Crippen molar-refractivity contribution < 1.29 is 15.0 Å². The molecule has 100 valence electrons. The van der Waals surface area contributed by atoms with E-state index in [0.29, 0.717) is 11.6 Å². The SMILES string of the molecule is Cc1nc(CN(C)C(=O)c2ccc(O)cc2O)n[nH]1. The van der Waals surface area contributed by atoms with Crippen molar-refractivity contribution in [2.45, 2.75) is 13.5 Å². The third-order valence-electron chi connectivity index (χ3n) is 2.58. The lowest BCUT2D eigenvalue weighted by Gasteiger charge is -2.16. The van der Waals surface area contributed by atoms with Crippen LogP contribution in [0.2, 0.25) is 0 Å². The number of phenols is 2. The Morgan fingerprint density at radius 2 is 2.16 bits per heavy atom. The fourth-order valence-corrected chi connectivity index (χ4v) is 1.65. The van der Waals surface area contributed by atoms with Crippen LogP contribution in [-0.4, -0.2) is 43.2 Å². The van der Waals surface area contributed by atoms with Gasteiger partial charge in [0.25, 0.3) is 5.91 Å². The molecule has 0 aliphatic heterocycles. The van der Waals surface area contributed by atoms with Gasteiger partial charge in [0.1, 0.15) is 17.3 Å². The Balaban J connectivity index is 2.14. The van der Waals surface area contributed by atoms with Gasteiger partial charge in [0.2, 0.25) is 0 Å². The number of nitrogens with one attached hydrogen (secondary N) is 1. The van der Waals surface area contributed by atoms with Crippen LogP contribution in [0.3, 0.4) is 0 Å². The number of aromatic hydroxyl groups is 2. The molecule has 1 heterocycles. The highest BCUT2D eigenvalue weighted by Crippen LogP contribution is 2.23. The van der Waals surface area contributed by atoms with Crippen molar-refractivity contribution >= 4 is 5.91 Å². The van der Waals surface area contributed by atoms with Gasteiger partial charge >= 0.3 is 0 Å². The number of carbonyl (C=O) groups is 1. The second kappa shape index (κ2) is 4.97. The Labute approximate surface area is 109 Å². The molecular weight excluding hydrogens is 248 g/mol. The third kappa shape index (κ3) is 2.82. The van der Waals surface area contributed by atoms with Gasteiger partial charge in [-0.25, -0.2) is 4.98 Å². The second-order valence-electron chi connectivity index (χ2n) is 4.20. The van der Waals surface area contributed by atoms with E-state index in [1.165, 1.54) is 17.0 Å². The highest BCUT2D eigenvalue weighted by Gasteiger charge is 2.17. The van der Waals surface area contributed by atoms with Crippen LogP contribution >= 0.6 is 0 Å². The molecule has 7 nitrogen and oxygen atoms in total. The fourth-order valence-electron chi connectivity index (χ4n) is 1.65. The predicted octanol–water partition coefficient (Wildman–Crippen LogP) is 0.797. The molecule has 1 aromatic heterocycles. The van der Waals surface area contributed by atoms with E-state index in [2.05, 4.69) is 15.2 Å². The first-order chi connectivity index (χ1) is 8.97. The van der Waals surface area contributed by atoms with Crippen LogP contribution in [0.1, 0.15) is 22.0 Å². The van der Waals surface area contributed by atoms with Crippen molar-refractivity contribution in [3.63, 3.8) is 0 Å². The van der Waals surface area contributed by atoms with E-state index >= 15 is 0 Å². The van der Waals surface area contributed by atoms with E-state index in [-0.39, 0.29) is 29.5 Å². The van der Waals surface area contributed by atoms with Crippen LogP contribution in [0.4, 0.5) is 0 Å². The molecule has 19 heavy (non-hydrogen) atoms. The summed E-state index contributed by atoms with van der Waals surface area (Å²) < 4.78 is 0. The van der Waals surface area contributed by atoms with Crippen LogP contribution in [-0.2, 0) is 6.54 Å². The number of hydrogen-bond acceptors (Lipinski definition) is 5. The maximum atomic E-state index is 12.1. The molecule has 0 fully saturated rings. The Bertz CT molecular complexity index is 609. The van der Waals surface area contributed by atoms with Gasteiger partial charge in [-0.3, -0.25) is 9.89 Å². The van der Waals surface area contributed by atoms with E-state index in [9.17, 15) is 15.0 Å². The fraction of sp³-hybridized carbons (Fsp3) is 0.250. The van der Waals surface area contributed by atoms with Gasteiger partial charge < -0.3 is 15.1 Å². The minimum Gasteiger partial charge on any atom is -0.508 e. The largest absolute Gasteiger partial charge is 0.508 e. The number of nitrogens with zero attached hydrogens (tertiary/aromatic N) is 3. The molecule has 2 aromatic rings. The molecule has 0 spiro atoms. The zero-order valence-corrected chi connectivity index (χ0v) is 10.6. The summed E-state index contributed by atoms with van der Waals surface area (Å²) in [6.45, 7) is 1.99. The predicted molar refractivity (Wildman–Crippen MR) is 66.7 cm³/mol. The van der Waals surface area contributed by atoms with E-state index in [1.54, 1.807) is 14.0 Å². The van der Waals surface area contributed by atoms with Crippen molar-refractivity contribution in [1.82, 2.24) is 20.1 Å². The summed E-state index contributed by atoms with van der Waals surface area (Å²) in [6, 6.07) is 3.84. The standard InChI is InChI=1S/C12H14N4O3/c1-7-13-11(15-14-7)6-16(2)12(19)9-4-3-8(17)5-10(9)18/h3-5,17-18H,6H2,1-2H3,(H,13,14,15). The molecule has 0 saturated heterocycles. The molecule has 0 unspecified atom stereocenters. The summed E-state index contributed by atoms with van der Waals surface area (Å²) in [5.41, 5.74) is 0.118. The van der Waals surface area contributed by atoms with E-state index in [4.69, 9.17) is 0 Å². The maximum Gasteiger partial charge on any atom is 0.257 e. The number of aryl methyl sites for hydroxylation is 1. The van der Waals surface area contributed by atoms with E-state index in [0.717, 1.165) is 6.07 Å². The lowest BCUT2D eigenvalue weighted by atomic mass is 10.1. The molecule has 1 amide bonds. The summed E-state index contributed by atoms with van der Waals surface area (Å²) >= 11 is 0. The van der Waals surface area contributed by atoms with Crippen molar-refractivity contribution in [2.75, 3.05) is 7.05 Å². The molecule has 1 aromatic carbocycles. The topological polar surface area (TPSA) is 102 Å². The first-order valence-corrected chi connectivity index (χ1v) is 5.62. The molecule has 2 rings (SSSR count). The smallest absolute Gasteiger partial charge is 0.257 e. The Morgan fingerprint density at radius 1 is 1.42 bits per heavy atom. The Kier molecular flexibility index (Phi) is 3.37. The van der Waals surface area contributed by atoms with Crippen LogP contribution in [0, 0.1) is 6.92 Å². The summed E-state index contributed by atoms with van der Waals surface area (Å²) in [5, 5.41) is 25.4. The number of carbonyl (C=O) groups excluding carboxylic acids is 1. The van der Waals surface area contributed by atoms with Crippen LogP contribution in [0.5, 0.6) is 11.5 Å². The Hall–Kier alpha value is -2.57. The zero-order valence-electron chi connectivity index (χ0n) is 10.6. The van der Waals surface area contributed by atoms with Crippen molar-refractivity contribution in [2.24, 2.45) is 0 Å².